The highest BCUT2D eigenvalue weighted by molar-refractivity contribution is 7.99. The van der Waals surface area contributed by atoms with Crippen LogP contribution in [0.3, 0.4) is 0 Å². The number of amides is 1. The van der Waals surface area contributed by atoms with Crippen molar-refractivity contribution in [2.45, 2.75) is 36.8 Å². The van der Waals surface area contributed by atoms with E-state index in [0.29, 0.717) is 11.3 Å². The van der Waals surface area contributed by atoms with Crippen LogP contribution in [0.2, 0.25) is 0 Å². The molecule has 6 nitrogen and oxygen atoms in total. The number of aryl methyl sites for hydroxylation is 2. The van der Waals surface area contributed by atoms with Gasteiger partial charge in [0.1, 0.15) is 5.75 Å². The van der Waals surface area contributed by atoms with Crippen LogP contribution < -0.4 is 10.1 Å². The highest BCUT2D eigenvalue weighted by Gasteiger charge is 2.42. The zero-order valence-corrected chi connectivity index (χ0v) is 20.0. The van der Waals surface area contributed by atoms with Crippen molar-refractivity contribution in [3.8, 4) is 5.75 Å². The van der Waals surface area contributed by atoms with Gasteiger partial charge in [-0.15, -0.1) is 11.8 Å². The van der Waals surface area contributed by atoms with E-state index in [2.05, 4.69) is 36.5 Å². The molecule has 176 valence electrons. The minimum atomic E-state index is -1.42. The molecule has 2 N–H and O–H groups in total. The largest absolute Gasteiger partial charge is 0.507 e. The fourth-order valence-corrected chi connectivity index (χ4v) is 5.35. The van der Waals surface area contributed by atoms with Gasteiger partial charge in [0.05, 0.1) is 12.0 Å². The second-order valence-electron chi connectivity index (χ2n) is 8.39. The lowest BCUT2D eigenvalue weighted by atomic mass is 10.1. The van der Waals surface area contributed by atoms with Gasteiger partial charge in [-0.1, -0.05) is 54.1 Å². The fraction of sp³-hybridized carbons (Fsp3) is 0.259. The van der Waals surface area contributed by atoms with E-state index in [4.69, 9.17) is 9.47 Å². The van der Waals surface area contributed by atoms with Crippen LogP contribution in [0.1, 0.15) is 32.6 Å². The van der Waals surface area contributed by atoms with Crippen molar-refractivity contribution < 1.29 is 24.2 Å². The SMILES string of the molecule is COc1ccc(C(=O)NC2(OC(=O)O)Cc3ccccc3C2)cc1SCCc1cccc(C)c1. The summed E-state index contributed by atoms with van der Waals surface area (Å²) in [6.07, 6.45) is 0.0419. The molecule has 0 saturated heterocycles. The van der Waals surface area contributed by atoms with Crippen molar-refractivity contribution in [1.82, 2.24) is 5.32 Å². The lowest BCUT2D eigenvalue weighted by molar-refractivity contribution is -0.0299. The van der Waals surface area contributed by atoms with Crippen molar-refractivity contribution >= 4 is 23.8 Å². The zero-order chi connectivity index (χ0) is 24.1. The number of hydrogen-bond acceptors (Lipinski definition) is 5. The predicted octanol–water partition coefficient (Wildman–Crippen LogP) is 5.26. The van der Waals surface area contributed by atoms with Crippen molar-refractivity contribution in [2.75, 3.05) is 12.9 Å². The van der Waals surface area contributed by atoms with Crippen molar-refractivity contribution in [3.05, 3.63) is 94.5 Å². The number of thioether (sulfide) groups is 1. The van der Waals surface area contributed by atoms with Crippen LogP contribution in [0.15, 0.2) is 71.6 Å². The number of carboxylic acid groups (broad SMARTS) is 1. The molecule has 0 atom stereocenters. The van der Waals surface area contributed by atoms with Crippen molar-refractivity contribution in [2.24, 2.45) is 0 Å². The van der Waals surface area contributed by atoms with Crippen LogP contribution in [0, 0.1) is 6.92 Å². The summed E-state index contributed by atoms with van der Waals surface area (Å²) in [5.74, 6) is 1.12. The maximum Gasteiger partial charge on any atom is 0.507 e. The summed E-state index contributed by atoms with van der Waals surface area (Å²) in [5.41, 5.74) is 3.50. The van der Waals surface area contributed by atoms with Crippen LogP contribution in [-0.2, 0) is 24.0 Å². The number of benzene rings is 3. The van der Waals surface area contributed by atoms with Crippen LogP contribution in [0.4, 0.5) is 4.79 Å². The average molecular weight is 478 g/mol. The van der Waals surface area contributed by atoms with E-state index in [1.54, 1.807) is 37.1 Å². The van der Waals surface area contributed by atoms with Gasteiger partial charge < -0.3 is 19.9 Å². The Morgan fingerprint density at radius 3 is 2.41 bits per heavy atom. The van der Waals surface area contributed by atoms with Crippen LogP contribution in [-0.4, -0.2) is 35.8 Å². The first-order chi connectivity index (χ1) is 16.4. The molecule has 3 aromatic carbocycles. The lowest BCUT2D eigenvalue weighted by Crippen LogP contribution is -2.52. The zero-order valence-electron chi connectivity index (χ0n) is 19.2. The van der Waals surface area contributed by atoms with Crippen LogP contribution in [0.25, 0.3) is 0 Å². The summed E-state index contributed by atoms with van der Waals surface area (Å²) in [6, 6.07) is 21.2. The van der Waals surface area contributed by atoms with E-state index >= 15 is 0 Å². The third-order valence-corrected chi connectivity index (χ3v) is 6.89. The summed E-state index contributed by atoms with van der Waals surface area (Å²) < 4.78 is 10.7. The Morgan fingerprint density at radius 2 is 1.76 bits per heavy atom. The molecule has 0 spiro atoms. The van der Waals surface area contributed by atoms with Gasteiger partial charge in [0.15, 0.2) is 5.72 Å². The number of carbonyl (C=O) groups is 2. The Kier molecular flexibility index (Phi) is 7.12. The molecule has 0 saturated carbocycles. The van der Waals surface area contributed by atoms with Crippen molar-refractivity contribution in [3.63, 3.8) is 0 Å². The van der Waals surface area contributed by atoms with Gasteiger partial charge in [-0.05, 0) is 48.2 Å². The summed E-state index contributed by atoms with van der Waals surface area (Å²) in [7, 11) is 1.60. The van der Waals surface area contributed by atoms with Gasteiger partial charge in [0.25, 0.3) is 5.91 Å². The Balaban J connectivity index is 1.49. The molecule has 1 aliphatic carbocycles. The highest BCUT2D eigenvalue weighted by Crippen LogP contribution is 2.33. The highest BCUT2D eigenvalue weighted by atomic mass is 32.2. The molecule has 1 aliphatic rings. The normalized spacial score (nSPS) is 13.7. The maximum atomic E-state index is 13.2. The Hall–Kier alpha value is -3.45. The molecular formula is C27H27NO5S. The summed E-state index contributed by atoms with van der Waals surface area (Å²) in [6.45, 7) is 2.07. The first kappa shape index (κ1) is 23.7. The van der Waals surface area contributed by atoms with Gasteiger partial charge in [-0.2, -0.15) is 0 Å². The van der Waals surface area contributed by atoms with Crippen LogP contribution >= 0.6 is 11.8 Å². The summed E-state index contributed by atoms with van der Waals surface area (Å²) >= 11 is 1.62. The van der Waals surface area contributed by atoms with Crippen molar-refractivity contribution in [1.29, 1.82) is 0 Å². The number of nitrogens with one attached hydrogen (secondary N) is 1. The van der Waals surface area contributed by atoms with Gasteiger partial charge in [-0.3, -0.25) is 4.79 Å². The smallest absolute Gasteiger partial charge is 0.496 e. The van der Waals surface area contributed by atoms with E-state index in [1.165, 1.54) is 11.1 Å². The second kappa shape index (κ2) is 10.2. The molecule has 0 fully saturated rings. The number of methoxy groups -OCH3 is 1. The number of rotatable bonds is 8. The third kappa shape index (κ3) is 5.54. The Bertz CT molecular complexity index is 1180. The predicted molar refractivity (Wildman–Crippen MR) is 132 cm³/mol. The van der Waals surface area contributed by atoms with Crippen LogP contribution in [0.5, 0.6) is 5.75 Å². The minimum absolute atomic E-state index is 0.287. The van der Waals surface area contributed by atoms with E-state index in [0.717, 1.165) is 28.2 Å². The number of carbonyl (C=O) groups excluding carboxylic acids is 1. The molecule has 0 heterocycles. The first-order valence-corrected chi connectivity index (χ1v) is 12.0. The van der Waals surface area contributed by atoms with E-state index in [9.17, 15) is 14.7 Å². The number of fused-ring (bicyclic) bond motifs is 1. The topological polar surface area (TPSA) is 84.9 Å². The molecule has 0 bridgehead atoms. The molecule has 0 unspecified atom stereocenters. The third-order valence-electron chi connectivity index (χ3n) is 5.85. The molecule has 4 rings (SSSR count). The molecule has 0 aliphatic heterocycles. The van der Waals surface area contributed by atoms with E-state index in [-0.39, 0.29) is 12.8 Å². The molecule has 34 heavy (non-hydrogen) atoms. The molecule has 3 aromatic rings. The van der Waals surface area contributed by atoms with E-state index in [1.807, 2.05) is 24.3 Å². The number of hydrogen-bond donors (Lipinski definition) is 2. The summed E-state index contributed by atoms with van der Waals surface area (Å²) in [4.78, 5) is 25.5. The molecule has 0 aromatic heterocycles. The molecule has 7 heteroatoms. The monoisotopic (exact) mass is 477 g/mol. The maximum absolute atomic E-state index is 13.2. The lowest BCUT2D eigenvalue weighted by Gasteiger charge is -2.28. The molecule has 1 amide bonds. The fourth-order valence-electron chi connectivity index (χ4n) is 4.29. The summed E-state index contributed by atoms with van der Waals surface area (Å²) in [5, 5.41) is 12.2. The van der Waals surface area contributed by atoms with Gasteiger partial charge in [-0.25, -0.2) is 4.79 Å². The first-order valence-electron chi connectivity index (χ1n) is 11.0. The Morgan fingerprint density at radius 1 is 1.03 bits per heavy atom. The Labute approximate surface area is 203 Å². The second-order valence-corrected chi connectivity index (χ2v) is 9.53. The number of ether oxygens (including phenoxy) is 2. The van der Waals surface area contributed by atoms with Gasteiger partial charge >= 0.3 is 6.16 Å². The van der Waals surface area contributed by atoms with E-state index < -0.39 is 17.8 Å². The quantitative estimate of drug-likeness (QED) is 0.262. The molecule has 0 radical (unpaired) electrons. The van der Waals surface area contributed by atoms with Gasteiger partial charge in [0, 0.05) is 24.2 Å². The molecular weight excluding hydrogens is 450 g/mol. The standard InChI is InChI=1S/C27H27NO5S/c1-18-6-5-7-19(14-18)12-13-34-24-15-20(10-11-23(24)32-2)25(29)28-27(33-26(30)31)16-21-8-3-4-9-22(21)17-27/h3-11,14-15H,12-13,16-17H2,1-2H3,(H,28,29)(H,30,31). The van der Waals surface area contributed by atoms with Gasteiger partial charge in [0.2, 0.25) is 0 Å². The minimum Gasteiger partial charge on any atom is -0.496 e. The average Bonchev–Trinajstić information content (AvgIpc) is 3.15.